The maximum Gasteiger partial charge on any atom is 0.0540 e. The third-order valence-electron chi connectivity index (χ3n) is 3.01. The van der Waals surface area contributed by atoms with Crippen LogP contribution in [0, 0.1) is 5.92 Å². The molecule has 1 saturated carbocycles. The lowest BCUT2D eigenvalue weighted by molar-refractivity contribution is 0.111. The van der Waals surface area contributed by atoms with Crippen molar-refractivity contribution < 1.29 is 5.11 Å². The molecule has 1 aliphatic rings. The lowest BCUT2D eigenvalue weighted by Gasteiger charge is -2.25. The fraction of sp³-hybridized carbons (Fsp3) is 0.636. The first kappa shape index (κ1) is 9.59. The normalized spacial score (nSPS) is 27.5. The second-order valence-electron chi connectivity index (χ2n) is 4.16. The molecule has 3 heteroatoms. The lowest BCUT2D eigenvalue weighted by atomic mass is 9.87. The van der Waals surface area contributed by atoms with Gasteiger partial charge in [0.2, 0.25) is 0 Å². The molecular formula is C11H18N2O. The molecule has 2 rings (SSSR count). The molecule has 1 aromatic heterocycles. The van der Waals surface area contributed by atoms with E-state index in [1.165, 1.54) is 0 Å². The Morgan fingerprint density at radius 1 is 1.36 bits per heavy atom. The van der Waals surface area contributed by atoms with Gasteiger partial charge in [0.25, 0.3) is 0 Å². The molecule has 0 aromatic carbocycles. The fourth-order valence-electron chi connectivity index (χ4n) is 2.05. The zero-order valence-electron chi connectivity index (χ0n) is 8.37. The summed E-state index contributed by atoms with van der Waals surface area (Å²) in [7, 11) is 0. The van der Waals surface area contributed by atoms with Gasteiger partial charge in [0, 0.05) is 18.9 Å². The molecular weight excluding hydrogens is 176 g/mol. The van der Waals surface area contributed by atoms with Gasteiger partial charge in [-0.15, -0.1) is 0 Å². The minimum atomic E-state index is -0.0430. The lowest BCUT2D eigenvalue weighted by Crippen LogP contribution is -2.23. The second-order valence-corrected chi connectivity index (χ2v) is 4.16. The number of aromatic amines is 1. The molecule has 0 bridgehead atoms. The van der Waals surface area contributed by atoms with Crippen LogP contribution < -0.4 is 5.32 Å². The SMILES string of the molecule is OC1CCC(CNc2cc[nH]c2)CC1. The highest BCUT2D eigenvalue weighted by Gasteiger charge is 2.18. The van der Waals surface area contributed by atoms with Crippen molar-refractivity contribution in [2.24, 2.45) is 5.92 Å². The molecule has 1 fully saturated rings. The van der Waals surface area contributed by atoms with Crippen molar-refractivity contribution in [3.63, 3.8) is 0 Å². The molecule has 0 aliphatic heterocycles. The summed E-state index contributed by atoms with van der Waals surface area (Å²) < 4.78 is 0. The molecule has 0 atom stereocenters. The molecule has 78 valence electrons. The summed E-state index contributed by atoms with van der Waals surface area (Å²) in [6, 6.07) is 2.04. The molecule has 1 aliphatic carbocycles. The summed E-state index contributed by atoms with van der Waals surface area (Å²) in [6.45, 7) is 1.03. The topological polar surface area (TPSA) is 48.0 Å². The summed E-state index contributed by atoms with van der Waals surface area (Å²) in [5.41, 5.74) is 1.16. The van der Waals surface area contributed by atoms with Crippen LogP contribution in [-0.4, -0.2) is 22.7 Å². The quantitative estimate of drug-likeness (QED) is 0.689. The van der Waals surface area contributed by atoms with Crippen molar-refractivity contribution in [3.05, 3.63) is 18.5 Å². The minimum Gasteiger partial charge on any atom is -0.393 e. The second kappa shape index (κ2) is 4.51. The molecule has 0 spiro atoms. The van der Waals surface area contributed by atoms with E-state index >= 15 is 0 Å². The Morgan fingerprint density at radius 3 is 2.79 bits per heavy atom. The predicted octanol–water partition coefficient (Wildman–Crippen LogP) is 1.98. The van der Waals surface area contributed by atoms with Gasteiger partial charge in [-0.05, 0) is 37.7 Å². The number of rotatable bonds is 3. The highest BCUT2D eigenvalue weighted by atomic mass is 16.3. The smallest absolute Gasteiger partial charge is 0.0540 e. The van der Waals surface area contributed by atoms with Gasteiger partial charge in [0.05, 0.1) is 11.8 Å². The van der Waals surface area contributed by atoms with Crippen LogP contribution in [0.2, 0.25) is 0 Å². The number of aliphatic hydroxyl groups excluding tert-OH is 1. The summed E-state index contributed by atoms with van der Waals surface area (Å²) in [4.78, 5) is 3.02. The number of H-pyrrole nitrogens is 1. The molecule has 0 unspecified atom stereocenters. The van der Waals surface area contributed by atoms with Crippen LogP contribution in [0.25, 0.3) is 0 Å². The Hall–Kier alpha value is -0.960. The molecule has 0 amide bonds. The first-order valence-corrected chi connectivity index (χ1v) is 5.39. The van der Waals surface area contributed by atoms with E-state index in [4.69, 9.17) is 0 Å². The Bertz CT molecular complexity index is 250. The highest BCUT2D eigenvalue weighted by molar-refractivity contribution is 5.40. The van der Waals surface area contributed by atoms with E-state index in [-0.39, 0.29) is 6.10 Å². The third kappa shape index (κ3) is 2.51. The molecule has 0 saturated heterocycles. The Labute approximate surface area is 84.5 Å². The van der Waals surface area contributed by atoms with Crippen LogP contribution in [0.15, 0.2) is 18.5 Å². The van der Waals surface area contributed by atoms with Crippen molar-refractivity contribution in [1.29, 1.82) is 0 Å². The number of aliphatic hydroxyl groups is 1. The van der Waals surface area contributed by atoms with Crippen LogP contribution in [0.3, 0.4) is 0 Å². The van der Waals surface area contributed by atoms with E-state index in [2.05, 4.69) is 10.3 Å². The fourth-order valence-corrected chi connectivity index (χ4v) is 2.05. The Morgan fingerprint density at radius 2 is 2.14 bits per heavy atom. The summed E-state index contributed by atoms with van der Waals surface area (Å²) in [6.07, 6.45) is 8.10. The molecule has 3 nitrogen and oxygen atoms in total. The summed E-state index contributed by atoms with van der Waals surface area (Å²) in [5.74, 6) is 0.730. The van der Waals surface area contributed by atoms with Crippen molar-refractivity contribution in [1.82, 2.24) is 4.98 Å². The van der Waals surface area contributed by atoms with Gasteiger partial charge in [0.15, 0.2) is 0 Å². The van der Waals surface area contributed by atoms with Crippen molar-refractivity contribution in [2.75, 3.05) is 11.9 Å². The number of hydrogen-bond acceptors (Lipinski definition) is 2. The average molecular weight is 194 g/mol. The van der Waals surface area contributed by atoms with Gasteiger partial charge in [-0.1, -0.05) is 0 Å². The molecule has 1 aromatic rings. The van der Waals surface area contributed by atoms with Crippen LogP contribution in [-0.2, 0) is 0 Å². The van der Waals surface area contributed by atoms with E-state index in [1.54, 1.807) is 0 Å². The summed E-state index contributed by atoms with van der Waals surface area (Å²) in [5, 5.41) is 12.8. The van der Waals surface area contributed by atoms with Crippen LogP contribution >= 0.6 is 0 Å². The molecule has 1 heterocycles. The van der Waals surface area contributed by atoms with Crippen molar-refractivity contribution >= 4 is 5.69 Å². The van der Waals surface area contributed by atoms with Gasteiger partial charge in [-0.2, -0.15) is 0 Å². The zero-order chi connectivity index (χ0) is 9.80. The van der Waals surface area contributed by atoms with Gasteiger partial charge < -0.3 is 15.4 Å². The van der Waals surface area contributed by atoms with E-state index < -0.39 is 0 Å². The Kier molecular flexibility index (Phi) is 3.09. The monoisotopic (exact) mass is 194 g/mol. The highest BCUT2D eigenvalue weighted by Crippen LogP contribution is 2.24. The summed E-state index contributed by atoms with van der Waals surface area (Å²) >= 11 is 0. The number of aromatic nitrogens is 1. The van der Waals surface area contributed by atoms with E-state index in [0.717, 1.165) is 43.8 Å². The third-order valence-corrected chi connectivity index (χ3v) is 3.01. The van der Waals surface area contributed by atoms with Gasteiger partial charge in [0.1, 0.15) is 0 Å². The molecule has 14 heavy (non-hydrogen) atoms. The largest absolute Gasteiger partial charge is 0.393 e. The number of nitrogens with one attached hydrogen (secondary N) is 2. The number of hydrogen-bond donors (Lipinski definition) is 3. The maximum atomic E-state index is 9.35. The van der Waals surface area contributed by atoms with Crippen LogP contribution in [0.4, 0.5) is 5.69 Å². The van der Waals surface area contributed by atoms with E-state index in [0.29, 0.717) is 0 Å². The van der Waals surface area contributed by atoms with Crippen molar-refractivity contribution in [3.8, 4) is 0 Å². The van der Waals surface area contributed by atoms with Gasteiger partial charge in [-0.25, -0.2) is 0 Å². The molecule has 0 radical (unpaired) electrons. The predicted molar refractivity (Wildman–Crippen MR) is 57.2 cm³/mol. The maximum absolute atomic E-state index is 9.35. The minimum absolute atomic E-state index is 0.0430. The zero-order valence-corrected chi connectivity index (χ0v) is 8.37. The standard InChI is InChI=1S/C11H18N2O/c14-11-3-1-9(2-4-11)7-13-10-5-6-12-8-10/h5-6,8-9,11-14H,1-4,7H2. The number of anilines is 1. The van der Waals surface area contributed by atoms with Crippen LogP contribution in [0.5, 0.6) is 0 Å². The average Bonchev–Trinajstić information content (AvgIpc) is 2.70. The van der Waals surface area contributed by atoms with Gasteiger partial charge >= 0.3 is 0 Å². The van der Waals surface area contributed by atoms with Gasteiger partial charge in [-0.3, -0.25) is 0 Å². The van der Waals surface area contributed by atoms with E-state index in [9.17, 15) is 5.11 Å². The van der Waals surface area contributed by atoms with Crippen LogP contribution in [0.1, 0.15) is 25.7 Å². The van der Waals surface area contributed by atoms with Crippen molar-refractivity contribution in [2.45, 2.75) is 31.8 Å². The van der Waals surface area contributed by atoms with E-state index in [1.807, 2.05) is 18.5 Å². The first-order chi connectivity index (χ1) is 6.84. The Balaban J connectivity index is 1.71. The first-order valence-electron chi connectivity index (χ1n) is 5.39. The molecule has 3 N–H and O–H groups in total.